The number of halogens is 1. The summed E-state index contributed by atoms with van der Waals surface area (Å²) in [7, 11) is 0. The summed E-state index contributed by atoms with van der Waals surface area (Å²) in [4.78, 5) is 8.97. The standard InChI is InChI=1S/C24H36FN5/c1-6-9-10-11-19-14-20(12-13-27-19)29-23-21(16(4)26)15-22(25)24(30-23)28-17(5)18(7-2)8-3/h12-15,17-18H,4,6-11,26H2,1-3,5H3,(H2,27,28,29,30). The van der Waals surface area contributed by atoms with Crippen molar-refractivity contribution in [2.24, 2.45) is 11.7 Å². The molecule has 0 bridgehead atoms. The van der Waals surface area contributed by atoms with Gasteiger partial charge in [-0.25, -0.2) is 9.37 Å². The highest BCUT2D eigenvalue weighted by Crippen LogP contribution is 2.28. The molecular weight excluding hydrogens is 377 g/mol. The van der Waals surface area contributed by atoms with E-state index in [0.717, 1.165) is 37.1 Å². The first-order valence-electron chi connectivity index (χ1n) is 11.0. The summed E-state index contributed by atoms with van der Waals surface area (Å²) in [6.07, 6.45) is 8.20. The third kappa shape index (κ3) is 6.44. The number of aryl methyl sites for hydroxylation is 1. The molecule has 1 atom stereocenters. The largest absolute Gasteiger partial charge is 0.399 e. The Morgan fingerprint density at radius 1 is 1.17 bits per heavy atom. The average Bonchev–Trinajstić information content (AvgIpc) is 2.71. The molecule has 0 fully saturated rings. The van der Waals surface area contributed by atoms with Crippen molar-refractivity contribution in [1.82, 2.24) is 9.97 Å². The van der Waals surface area contributed by atoms with Crippen LogP contribution in [-0.4, -0.2) is 16.0 Å². The first kappa shape index (κ1) is 23.6. The highest BCUT2D eigenvalue weighted by atomic mass is 19.1. The summed E-state index contributed by atoms with van der Waals surface area (Å²) in [5.41, 5.74) is 8.50. The van der Waals surface area contributed by atoms with Gasteiger partial charge in [0.25, 0.3) is 0 Å². The van der Waals surface area contributed by atoms with Crippen LogP contribution in [0.5, 0.6) is 0 Å². The summed E-state index contributed by atoms with van der Waals surface area (Å²) in [6, 6.07) is 5.37. The van der Waals surface area contributed by atoms with Gasteiger partial charge in [0.05, 0.1) is 0 Å². The Balaban J connectivity index is 2.29. The second kappa shape index (κ2) is 11.5. The van der Waals surface area contributed by atoms with Crippen LogP contribution < -0.4 is 16.4 Å². The van der Waals surface area contributed by atoms with Gasteiger partial charge in [-0.1, -0.05) is 53.0 Å². The molecule has 0 aliphatic rings. The fourth-order valence-electron chi connectivity index (χ4n) is 3.64. The van der Waals surface area contributed by atoms with Crippen LogP contribution in [-0.2, 0) is 6.42 Å². The molecule has 2 aromatic rings. The lowest BCUT2D eigenvalue weighted by atomic mass is 9.95. The molecule has 2 heterocycles. The van der Waals surface area contributed by atoms with E-state index in [9.17, 15) is 4.39 Å². The second-order valence-electron chi connectivity index (χ2n) is 7.87. The molecular formula is C24H36FN5. The zero-order valence-corrected chi connectivity index (χ0v) is 18.8. The minimum Gasteiger partial charge on any atom is -0.399 e. The summed E-state index contributed by atoms with van der Waals surface area (Å²) in [6.45, 7) is 12.3. The first-order chi connectivity index (χ1) is 14.4. The Morgan fingerprint density at radius 3 is 2.53 bits per heavy atom. The lowest BCUT2D eigenvalue weighted by Crippen LogP contribution is -2.26. The van der Waals surface area contributed by atoms with Gasteiger partial charge in [-0.15, -0.1) is 0 Å². The molecule has 5 nitrogen and oxygen atoms in total. The Kier molecular flexibility index (Phi) is 9.09. The van der Waals surface area contributed by atoms with Crippen LogP contribution in [0.4, 0.5) is 21.7 Å². The van der Waals surface area contributed by atoms with Crippen LogP contribution in [0.2, 0.25) is 0 Å². The fourth-order valence-corrected chi connectivity index (χ4v) is 3.64. The molecule has 1 unspecified atom stereocenters. The van der Waals surface area contributed by atoms with Gasteiger partial charge in [0.1, 0.15) is 5.82 Å². The highest BCUT2D eigenvalue weighted by Gasteiger charge is 2.18. The molecule has 0 amide bonds. The minimum atomic E-state index is -0.435. The van der Waals surface area contributed by atoms with Gasteiger partial charge in [-0.2, -0.15) is 0 Å². The zero-order chi connectivity index (χ0) is 22.1. The molecule has 0 spiro atoms. The summed E-state index contributed by atoms with van der Waals surface area (Å²) in [5.74, 6) is 0.709. The molecule has 0 saturated carbocycles. The van der Waals surface area contributed by atoms with E-state index >= 15 is 0 Å². The van der Waals surface area contributed by atoms with Crippen LogP contribution in [0, 0.1) is 11.7 Å². The van der Waals surface area contributed by atoms with Crippen LogP contribution in [0.1, 0.15) is 71.1 Å². The first-order valence-corrected chi connectivity index (χ1v) is 11.0. The summed E-state index contributed by atoms with van der Waals surface area (Å²) < 4.78 is 14.7. The van der Waals surface area contributed by atoms with E-state index in [2.05, 4.69) is 54.9 Å². The molecule has 0 radical (unpaired) electrons. The monoisotopic (exact) mass is 413 g/mol. The van der Waals surface area contributed by atoms with Crippen LogP contribution >= 0.6 is 0 Å². The number of aromatic nitrogens is 2. The molecule has 2 aromatic heterocycles. The molecule has 0 saturated heterocycles. The number of hydrogen-bond donors (Lipinski definition) is 3. The van der Waals surface area contributed by atoms with Crippen molar-refractivity contribution >= 4 is 23.0 Å². The molecule has 164 valence electrons. The molecule has 2 rings (SSSR count). The molecule has 30 heavy (non-hydrogen) atoms. The lowest BCUT2D eigenvalue weighted by molar-refractivity contribution is 0.435. The normalized spacial score (nSPS) is 12.1. The summed E-state index contributed by atoms with van der Waals surface area (Å²) in [5, 5.41) is 6.53. The maximum atomic E-state index is 14.7. The van der Waals surface area contributed by atoms with Gasteiger partial charge in [0, 0.05) is 34.9 Å². The quantitative estimate of drug-likeness (QED) is 0.358. The van der Waals surface area contributed by atoms with Crippen molar-refractivity contribution in [1.29, 1.82) is 0 Å². The number of anilines is 3. The Hall–Kier alpha value is -2.63. The highest BCUT2D eigenvalue weighted by molar-refractivity contribution is 5.75. The topological polar surface area (TPSA) is 75.9 Å². The maximum absolute atomic E-state index is 14.7. The summed E-state index contributed by atoms with van der Waals surface area (Å²) >= 11 is 0. The maximum Gasteiger partial charge on any atom is 0.166 e. The number of pyridine rings is 2. The SMILES string of the molecule is C=C(N)c1cc(F)c(NC(C)C(CC)CC)nc1Nc1ccnc(CCCCC)c1. The van der Waals surface area contributed by atoms with E-state index in [4.69, 9.17) is 5.73 Å². The van der Waals surface area contributed by atoms with Gasteiger partial charge in [0.15, 0.2) is 11.6 Å². The number of nitrogens with zero attached hydrogens (tertiary/aromatic N) is 2. The van der Waals surface area contributed by atoms with Gasteiger partial charge < -0.3 is 16.4 Å². The predicted molar refractivity (Wildman–Crippen MR) is 125 cm³/mol. The van der Waals surface area contributed by atoms with Gasteiger partial charge in [-0.3, -0.25) is 4.98 Å². The van der Waals surface area contributed by atoms with E-state index in [1.54, 1.807) is 6.20 Å². The van der Waals surface area contributed by atoms with Gasteiger partial charge in [0.2, 0.25) is 0 Å². The third-order valence-electron chi connectivity index (χ3n) is 5.56. The van der Waals surface area contributed by atoms with E-state index < -0.39 is 5.82 Å². The molecule has 0 aliphatic carbocycles. The molecule has 0 aliphatic heterocycles. The van der Waals surface area contributed by atoms with E-state index in [1.807, 2.05) is 12.1 Å². The smallest absolute Gasteiger partial charge is 0.166 e. The van der Waals surface area contributed by atoms with Crippen molar-refractivity contribution in [3.8, 4) is 0 Å². The lowest BCUT2D eigenvalue weighted by Gasteiger charge is -2.24. The number of nitrogens with one attached hydrogen (secondary N) is 2. The molecule has 6 heteroatoms. The second-order valence-corrected chi connectivity index (χ2v) is 7.87. The molecule has 4 N–H and O–H groups in total. The van der Waals surface area contributed by atoms with E-state index in [0.29, 0.717) is 17.3 Å². The number of rotatable bonds is 12. The fraction of sp³-hybridized carbons (Fsp3) is 0.500. The number of unbranched alkanes of at least 4 members (excludes halogenated alkanes) is 2. The van der Waals surface area contributed by atoms with Crippen molar-refractivity contribution in [3.05, 3.63) is 48.0 Å². The Bertz CT molecular complexity index is 832. The van der Waals surface area contributed by atoms with Crippen LogP contribution in [0.3, 0.4) is 0 Å². The van der Waals surface area contributed by atoms with Gasteiger partial charge in [-0.05, 0) is 43.9 Å². The minimum absolute atomic E-state index is 0.105. The Morgan fingerprint density at radius 2 is 1.90 bits per heavy atom. The molecule has 0 aromatic carbocycles. The average molecular weight is 414 g/mol. The van der Waals surface area contributed by atoms with Crippen LogP contribution in [0.15, 0.2) is 31.0 Å². The van der Waals surface area contributed by atoms with Crippen molar-refractivity contribution in [2.45, 2.75) is 72.3 Å². The zero-order valence-electron chi connectivity index (χ0n) is 18.8. The van der Waals surface area contributed by atoms with Crippen molar-refractivity contribution in [3.63, 3.8) is 0 Å². The third-order valence-corrected chi connectivity index (χ3v) is 5.56. The van der Waals surface area contributed by atoms with Crippen LogP contribution in [0.25, 0.3) is 5.70 Å². The number of nitrogens with two attached hydrogens (primary N) is 1. The van der Waals surface area contributed by atoms with Crippen molar-refractivity contribution < 1.29 is 4.39 Å². The van der Waals surface area contributed by atoms with E-state index in [-0.39, 0.29) is 17.6 Å². The van der Waals surface area contributed by atoms with E-state index in [1.165, 1.54) is 18.9 Å². The van der Waals surface area contributed by atoms with Crippen molar-refractivity contribution in [2.75, 3.05) is 10.6 Å². The Labute approximate surface area is 180 Å². The predicted octanol–water partition coefficient (Wildman–Crippen LogP) is 6.26. The van der Waals surface area contributed by atoms with Gasteiger partial charge >= 0.3 is 0 Å². The number of hydrogen-bond acceptors (Lipinski definition) is 5.